The highest BCUT2D eigenvalue weighted by molar-refractivity contribution is 5.77. The number of benzene rings is 2. The molecule has 0 saturated heterocycles. The Bertz CT molecular complexity index is 640. The normalized spacial score (nSPS) is 14.8. The van der Waals surface area contributed by atoms with Gasteiger partial charge in [-0.3, -0.25) is 4.79 Å². The van der Waals surface area contributed by atoms with Crippen LogP contribution in [0, 0.1) is 0 Å². The van der Waals surface area contributed by atoms with Crippen LogP contribution in [0.15, 0.2) is 42.5 Å². The summed E-state index contributed by atoms with van der Waals surface area (Å²) in [6.07, 6.45) is 5.84. The van der Waals surface area contributed by atoms with Gasteiger partial charge >= 0.3 is 0 Å². The van der Waals surface area contributed by atoms with Gasteiger partial charge in [-0.1, -0.05) is 30.3 Å². The number of rotatable bonds is 5. The number of aldehydes is 1. The van der Waals surface area contributed by atoms with Crippen molar-refractivity contribution in [3.8, 4) is 22.6 Å². The minimum Gasteiger partial charge on any atom is -0.493 e. The molecule has 22 heavy (non-hydrogen) atoms. The van der Waals surface area contributed by atoms with Crippen LogP contribution in [0.1, 0.15) is 36.0 Å². The van der Waals surface area contributed by atoms with Crippen LogP contribution in [-0.4, -0.2) is 19.5 Å². The first kappa shape index (κ1) is 14.6. The van der Waals surface area contributed by atoms with Gasteiger partial charge < -0.3 is 9.47 Å². The molecule has 1 aliphatic rings. The summed E-state index contributed by atoms with van der Waals surface area (Å²) in [7, 11) is 1.66. The molecular weight excluding hydrogens is 276 g/mol. The molecule has 1 fully saturated rings. The van der Waals surface area contributed by atoms with Crippen LogP contribution < -0.4 is 9.47 Å². The van der Waals surface area contributed by atoms with Gasteiger partial charge in [0, 0.05) is 5.56 Å². The Hall–Kier alpha value is -2.29. The van der Waals surface area contributed by atoms with Crippen molar-refractivity contribution in [1.82, 2.24) is 0 Å². The van der Waals surface area contributed by atoms with Crippen LogP contribution in [0.2, 0.25) is 0 Å². The van der Waals surface area contributed by atoms with E-state index < -0.39 is 0 Å². The van der Waals surface area contributed by atoms with Crippen LogP contribution in [-0.2, 0) is 0 Å². The van der Waals surface area contributed by atoms with Gasteiger partial charge in [-0.15, -0.1) is 0 Å². The van der Waals surface area contributed by atoms with Gasteiger partial charge in [-0.2, -0.15) is 0 Å². The lowest BCUT2D eigenvalue weighted by molar-refractivity contribution is 0.112. The molecule has 0 radical (unpaired) electrons. The predicted octanol–water partition coefficient (Wildman–Crippen LogP) is 4.50. The molecule has 2 aromatic carbocycles. The number of carbonyl (C=O) groups is 1. The second-order valence-corrected chi connectivity index (χ2v) is 5.63. The maximum atomic E-state index is 10.7. The Morgan fingerprint density at radius 3 is 2.27 bits per heavy atom. The van der Waals surface area contributed by atoms with E-state index in [1.807, 2.05) is 42.5 Å². The summed E-state index contributed by atoms with van der Waals surface area (Å²) < 4.78 is 11.5. The molecule has 3 nitrogen and oxygen atoms in total. The number of carbonyl (C=O) groups excluding carboxylic acids is 1. The topological polar surface area (TPSA) is 35.5 Å². The Morgan fingerprint density at radius 2 is 1.64 bits per heavy atom. The summed E-state index contributed by atoms with van der Waals surface area (Å²) >= 11 is 0. The standard InChI is InChI=1S/C19H20O3/c1-21-18-11-10-16(15-8-6-14(13-20)7-9-15)12-19(18)22-17-4-2-3-5-17/h6-13,17H,2-5H2,1H3. The van der Waals surface area contributed by atoms with Gasteiger partial charge in [0.1, 0.15) is 6.29 Å². The van der Waals surface area contributed by atoms with E-state index in [1.165, 1.54) is 12.8 Å². The summed E-state index contributed by atoms with van der Waals surface area (Å²) in [4.78, 5) is 10.7. The molecular formula is C19H20O3. The van der Waals surface area contributed by atoms with Crippen molar-refractivity contribution < 1.29 is 14.3 Å². The van der Waals surface area contributed by atoms with Gasteiger partial charge in [-0.05, 0) is 48.9 Å². The number of methoxy groups -OCH3 is 1. The smallest absolute Gasteiger partial charge is 0.162 e. The molecule has 0 bridgehead atoms. The Kier molecular flexibility index (Phi) is 4.42. The van der Waals surface area contributed by atoms with Crippen molar-refractivity contribution in [2.45, 2.75) is 31.8 Å². The van der Waals surface area contributed by atoms with Gasteiger partial charge in [-0.25, -0.2) is 0 Å². The highest BCUT2D eigenvalue weighted by atomic mass is 16.5. The average Bonchev–Trinajstić information content (AvgIpc) is 3.08. The van der Waals surface area contributed by atoms with Crippen LogP contribution in [0.4, 0.5) is 0 Å². The van der Waals surface area contributed by atoms with Crippen molar-refractivity contribution in [2.24, 2.45) is 0 Å². The van der Waals surface area contributed by atoms with Gasteiger partial charge in [0.05, 0.1) is 13.2 Å². The zero-order valence-electron chi connectivity index (χ0n) is 12.7. The average molecular weight is 296 g/mol. The highest BCUT2D eigenvalue weighted by Crippen LogP contribution is 2.35. The molecule has 0 atom stereocenters. The Balaban J connectivity index is 1.89. The predicted molar refractivity (Wildman–Crippen MR) is 86.7 cm³/mol. The molecule has 0 aliphatic heterocycles. The van der Waals surface area contributed by atoms with Crippen LogP contribution in [0.25, 0.3) is 11.1 Å². The van der Waals surface area contributed by atoms with E-state index in [9.17, 15) is 4.79 Å². The van der Waals surface area contributed by atoms with Gasteiger partial charge in [0.25, 0.3) is 0 Å². The molecule has 2 aromatic rings. The Labute approximate surface area is 130 Å². The first-order valence-electron chi connectivity index (χ1n) is 7.70. The summed E-state index contributed by atoms with van der Waals surface area (Å²) in [6, 6.07) is 13.5. The number of hydrogen-bond acceptors (Lipinski definition) is 3. The minimum atomic E-state index is 0.293. The third kappa shape index (κ3) is 3.14. The fourth-order valence-corrected chi connectivity index (χ4v) is 2.89. The summed E-state index contributed by atoms with van der Waals surface area (Å²) in [5, 5.41) is 0. The van der Waals surface area contributed by atoms with Crippen LogP contribution >= 0.6 is 0 Å². The Morgan fingerprint density at radius 1 is 0.955 bits per heavy atom. The third-order valence-corrected chi connectivity index (χ3v) is 4.14. The molecule has 1 saturated carbocycles. The molecule has 0 amide bonds. The fourth-order valence-electron chi connectivity index (χ4n) is 2.89. The fraction of sp³-hybridized carbons (Fsp3) is 0.316. The van der Waals surface area contributed by atoms with E-state index in [0.717, 1.165) is 41.8 Å². The first-order chi connectivity index (χ1) is 10.8. The van der Waals surface area contributed by atoms with E-state index in [2.05, 4.69) is 0 Å². The first-order valence-corrected chi connectivity index (χ1v) is 7.70. The van der Waals surface area contributed by atoms with E-state index in [-0.39, 0.29) is 0 Å². The van der Waals surface area contributed by atoms with Crippen molar-refractivity contribution in [3.05, 3.63) is 48.0 Å². The third-order valence-electron chi connectivity index (χ3n) is 4.14. The summed E-state index contributed by atoms with van der Waals surface area (Å²) in [6.45, 7) is 0. The zero-order chi connectivity index (χ0) is 15.4. The molecule has 0 heterocycles. The molecule has 1 aliphatic carbocycles. The van der Waals surface area contributed by atoms with Crippen molar-refractivity contribution in [2.75, 3.05) is 7.11 Å². The molecule has 3 heteroatoms. The van der Waals surface area contributed by atoms with Crippen molar-refractivity contribution in [3.63, 3.8) is 0 Å². The van der Waals surface area contributed by atoms with E-state index in [4.69, 9.17) is 9.47 Å². The number of ether oxygens (including phenoxy) is 2. The van der Waals surface area contributed by atoms with E-state index in [0.29, 0.717) is 11.7 Å². The lowest BCUT2D eigenvalue weighted by Gasteiger charge is -2.17. The van der Waals surface area contributed by atoms with E-state index in [1.54, 1.807) is 7.11 Å². The molecule has 0 aromatic heterocycles. The lowest BCUT2D eigenvalue weighted by Crippen LogP contribution is -2.11. The van der Waals surface area contributed by atoms with Gasteiger partial charge in [0.15, 0.2) is 11.5 Å². The minimum absolute atomic E-state index is 0.293. The van der Waals surface area contributed by atoms with E-state index >= 15 is 0 Å². The zero-order valence-corrected chi connectivity index (χ0v) is 12.7. The quantitative estimate of drug-likeness (QED) is 0.762. The highest BCUT2D eigenvalue weighted by Gasteiger charge is 2.18. The molecule has 0 spiro atoms. The lowest BCUT2D eigenvalue weighted by atomic mass is 10.0. The maximum absolute atomic E-state index is 10.7. The second-order valence-electron chi connectivity index (χ2n) is 5.63. The largest absolute Gasteiger partial charge is 0.493 e. The molecule has 3 rings (SSSR count). The summed E-state index contributed by atoms with van der Waals surface area (Å²) in [5.41, 5.74) is 2.80. The van der Waals surface area contributed by atoms with Crippen LogP contribution in [0.5, 0.6) is 11.5 Å². The number of hydrogen-bond donors (Lipinski definition) is 0. The SMILES string of the molecule is COc1ccc(-c2ccc(C=O)cc2)cc1OC1CCCC1. The monoisotopic (exact) mass is 296 g/mol. The maximum Gasteiger partial charge on any atom is 0.162 e. The van der Waals surface area contributed by atoms with Crippen LogP contribution in [0.3, 0.4) is 0 Å². The molecule has 114 valence electrons. The van der Waals surface area contributed by atoms with Crippen molar-refractivity contribution in [1.29, 1.82) is 0 Å². The second kappa shape index (κ2) is 6.65. The summed E-state index contributed by atoms with van der Waals surface area (Å²) in [5.74, 6) is 1.56. The van der Waals surface area contributed by atoms with Crippen molar-refractivity contribution >= 4 is 6.29 Å². The van der Waals surface area contributed by atoms with Gasteiger partial charge in [0.2, 0.25) is 0 Å². The molecule has 0 unspecified atom stereocenters. The molecule has 0 N–H and O–H groups in total.